The third kappa shape index (κ3) is 6.58. The maximum Gasteiger partial charge on any atom is 0.187 e. The summed E-state index contributed by atoms with van der Waals surface area (Å²) in [5.41, 5.74) is 5.52. The fourth-order valence-corrected chi connectivity index (χ4v) is 3.46. The molecule has 0 amide bonds. The van der Waals surface area contributed by atoms with Crippen LogP contribution in [-0.4, -0.2) is 21.4 Å². The van der Waals surface area contributed by atoms with Gasteiger partial charge in [0.05, 0.1) is 31.1 Å². The maximum absolute atomic E-state index is 10.9. The van der Waals surface area contributed by atoms with Gasteiger partial charge in [0.1, 0.15) is 11.5 Å². The van der Waals surface area contributed by atoms with Crippen LogP contribution in [0.2, 0.25) is 0 Å². The predicted octanol–water partition coefficient (Wildman–Crippen LogP) is 7.39. The summed E-state index contributed by atoms with van der Waals surface area (Å²) in [6.45, 7) is 21.1. The highest BCUT2D eigenvalue weighted by Gasteiger charge is 2.12. The lowest BCUT2D eigenvalue weighted by atomic mass is 10.1. The van der Waals surface area contributed by atoms with E-state index in [0.29, 0.717) is 39.9 Å². The van der Waals surface area contributed by atoms with Crippen LogP contribution in [0.1, 0.15) is 38.4 Å². The fraction of sp³-hybridized carbons (Fsp3) is 0.167. The Morgan fingerprint density at radius 3 is 1.63 bits per heavy atom. The number of aliphatic hydroxyl groups is 1. The Balaban J connectivity index is 0.000000211. The van der Waals surface area contributed by atoms with Crippen molar-refractivity contribution in [3.05, 3.63) is 117 Å². The lowest BCUT2D eigenvalue weighted by molar-refractivity contribution is 0.112. The molecule has 2 aromatic carbocycles. The molecule has 0 saturated carbocycles. The van der Waals surface area contributed by atoms with Gasteiger partial charge in [-0.05, 0) is 52.0 Å². The molecule has 0 unspecified atom stereocenters. The molecule has 0 atom stereocenters. The van der Waals surface area contributed by atoms with Crippen molar-refractivity contribution in [2.75, 3.05) is 0 Å². The topological polar surface area (TPSA) is 90.3 Å². The number of nitrogens with zero attached hydrogens (tertiary/aromatic N) is 4. The second-order valence-corrected chi connectivity index (χ2v) is 8.27. The molecule has 8 heteroatoms. The van der Waals surface area contributed by atoms with E-state index >= 15 is 0 Å². The summed E-state index contributed by atoms with van der Waals surface area (Å²) in [6.07, 6.45) is 3.95. The number of pyridine rings is 2. The summed E-state index contributed by atoms with van der Waals surface area (Å²) < 4.78 is 11.6. The van der Waals surface area contributed by atoms with Gasteiger partial charge in [0.15, 0.2) is 29.2 Å². The first-order valence-electron chi connectivity index (χ1n) is 11.6. The second-order valence-electron chi connectivity index (χ2n) is 8.27. The zero-order valence-electron chi connectivity index (χ0n) is 21.5. The minimum absolute atomic E-state index is 0.0634. The minimum atomic E-state index is -0.0634. The highest BCUT2D eigenvalue weighted by atomic mass is 16.5. The van der Waals surface area contributed by atoms with Crippen molar-refractivity contribution in [1.29, 1.82) is 0 Å². The summed E-state index contributed by atoms with van der Waals surface area (Å²) in [4.78, 5) is 25.9. The van der Waals surface area contributed by atoms with Crippen LogP contribution in [0.5, 0.6) is 23.0 Å². The number of rotatable bonds is 6. The minimum Gasteiger partial charge on any atom is -0.455 e. The van der Waals surface area contributed by atoms with Crippen molar-refractivity contribution in [1.82, 2.24) is 9.97 Å². The smallest absolute Gasteiger partial charge is 0.187 e. The van der Waals surface area contributed by atoms with E-state index in [9.17, 15) is 9.90 Å². The largest absolute Gasteiger partial charge is 0.455 e. The third-order valence-corrected chi connectivity index (χ3v) is 5.73. The molecule has 2 aromatic heterocycles. The number of benzene rings is 2. The molecule has 0 spiro atoms. The van der Waals surface area contributed by atoms with E-state index in [0.717, 1.165) is 34.4 Å². The summed E-state index contributed by atoms with van der Waals surface area (Å²) in [7, 11) is 0. The van der Waals surface area contributed by atoms with Crippen molar-refractivity contribution in [2.45, 2.75) is 34.3 Å². The molecule has 0 radical (unpaired) electrons. The van der Waals surface area contributed by atoms with Gasteiger partial charge in [0.2, 0.25) is 0 Å². The Morgan fingerprint density at radius 2 is 1.21 bits per heavy atom. The zero-order valence-corrected chi connectivity index (χ0v) is 21.5. The number of aliphatic hydroxyl groups excluding tert-OH is 1. The van der Waals surface area contributed by atoms with Crippen LogP contribution in [0.4, 0.5) is 11.4 Å². The Kier molecular flexibility index (Phi) is 9.26. The molecule has 0 bridgehead atoms. The number of aromatic nitrogens is 2. The molecular formula is C30H26N4O4. The van der Waals surface area contributed by atoms with Crippen LogP contribution in [-0.2, 0) is 6.61 Å². The highest BCUT2D eigenvalue weighted by Crippen LogP contribution is 2.31. The first-order valence-corrected chi connectivity index (χ1v) is 11.6. The van der Waals surface area contributed by atoms with Gasteiger partial charge in [-0.25, -0.2) is 9.69 Å². The van der Waals surface area contributed by atoms with E-state index < -0.39 is 0 Å². The monoisotopic (exact) mass is 506 g/mol. The number of hydrogen-bond donors (Lipinski definition) is 1. The van der Waals surface area contributed by atoms with E-state index in [1.807, 2.05) is 27.7 Å². The van der Waals surface area contributed by atoms with Crippen LogP contribution in [0.3, 0.4) is 0 Å². The third-order valence-electron chi connectivity index (χ3n) is 5.73. The quantitative estimate of drug-likeness (QED) is 0.217. The number of aldehydes is 1. The molecule has 1 N–H and O–H groups in total. The van der Waals surface area contributed by atoms with E-state index in [2.05, 4.69) is 19.7 Å². The van der Waals surface area contributed by atoms with Crippen LogP contribution in [0.25, 0.3) is 9.69 Å². The molecule has 8 nitrogen and oxygen atoms in total. The number of carbonyl (C=O) groups is 1. The average molecular weight is 507 g/mol. The highest BCUT2D eigenvalue weighted by molar-refractivity contribution is 5.78. The Labute approximate surface area is 221 Å². The predicted molar refractivity (Wildman–Crippen MR) is 144 cm³/mol. The van der Waals surface area contributed by atoms with Gasteiger partial charge in [-0.15, -0.1) is 0 Å². The van der Waals surface area contributed by atoms with Crippen LogP contribution >= 0.6 is 0 Å². The van der Waals surface area contributed by atoms with Gasteiger partial charge in [0.25, 0.3) is 0 Å². The summed E-state index contributed by atoms with van der Waals surface area (Å²) in [5.74, 6) is 2.50. The molecule has 4 rings (SSSR count). The lowest BCUT2D eigenvalue weighted by Crippen LogP contribution is -1.98. The Bertz CT molecular complexity index is 1520. The van der Waals surface area contributed by atoms with Crippen LogP contribution in [0.15, 0.2) is 60.9 Å². The van der Waals surface area contributed by atoms with Crippen molar-refractivity contribution in [2.24, 2.45) is 0 Å². The first-order chi connectivity index (χ1) is 18.3. The van der Waals surface area contributed by atoms with Gasteiger partial charge in [-0.2, -0.15) is 0 Å². The van der Waals surface area contributed by atoms with E-state index in [1.165, 1.54) is 6.20 Å². The number of hydrogen-bond acceptors (Lipinski definition) is 6. The molecule has 4 aromatic rings. The van der Waals surface area contributed by atoms with E-state index in [1.54, 1.807) is 54.7 Å². The van der Waals surface area contributed by atoms with Gasteiger partial charge in [0, 0.05) is 34.6 Å². The molecule has 2 heterocycles. The van der Waals surface area contributed by atoms with Crippen LogP contribution in [0, 0.1) is 40.8 Å². The Hall–Kier alpha value is -5.05. The SMILES string of the molecule is [C-]#[N+]c1ccc(Oc2c(C)ncc(C=O)c2C)cc1.[C-]#[N+]c1ccc(Oc2c(C)ncc(CO)c2C)cc1. The first kappa shape index (κ1) is 27.5. The van der Waals surface area contributed by atoms with Crippen molar-refractivity contribution in [3.8, 4) is 23.0 Å². The molecule has 0 aliphatic carbocycles. The number of carbonyl (C=O) groups excluding carboxylic acids is 1. The zero-order chi connectivity index (χ0) is 27.7. The molecular weight excluding hydrogens is 480 g/mol. The van der Waals surface area contributed by atoms with Gasteiger partial charge in [-0.1, -0.05) is 24.3 Å². The molecule has 190 valence electrons. The standard InChI is InChI=1S/C15H14N2O2.C15H12N2O2/c2*1-10-12(9-18)8-17-11(2)15(10)19-14-6-4-13(16-3)5-7-14/h4-8,18H,9H2,1-2H3;4-9H,1-2H3. The van der Waals surface area contributed by atoms with Crippen molar-refractivity contribution in [3.63, 3.8) is 0 Å². The van der Waals surface area contributed by atoms with Crippen LogP contribution < -0.4 is 9.47 Å². The summed E-state index contributed by atoms with van der Waals surface area (Å²) in [6, 6.07) is 13.7. The van der Waals surface area contributed by atoms with Crippen molar-refractivity contribution >= 4 is 17.7 Å². The maximum atomic E-state index is 10.9. The molecule has 0 fully saturated rings. The van der Waals surface area contributed by atoms with Gasteiger partial charge in [-0.3, -0.25) is 14.8 Å². The van der Waals surface area contributed by atoms with Gasteiger partial charge < -0.3 is 14.6 Å². The molecule has 0 saturated heterocycles. The molecule has 38 heavy (non-hydrogen) atoms. The second kappa shape index (κ2) is 12.8. The van der Waals surface area contributed by atoms with E-state index in [4.69, 9.17) is 22.6 Å². The van der Waals surface area contributed by atoms with Gasteiger partial charge >= 0.3 is 0 Å². The fourth-order valence-electron chi connectivity index (χ4n) is 3.46. The van der Waals surface area contributed by atoms with E-state index in [-0.39, 0.29) is 6.61 Å². The number of aryl methyl sites for hydroxylation is 2. The number of ether oxygens (including phenoxy) is 2. The lowest BCUT2D eigenvalue weighted by Gasteiger charge is -2.13. The normalized spacial score (nSPS) is 9.87. The molecule has 0 aliphatic rings. The van der Waals surface area contributed by atoms with Crippen molar-refractivity contribution < 1.29 is 19.4 Å². The summed E-state index contributed by atoms with van der Waals surface area (Å²) >= 11 is 0. The summed E-state index contributed by atoms with van der Waals surface area (Å²) in [5, 5.41) is 9.24. The average Bonchev–Trinajstić information content (AvgIpc) is 2.94. The molecule has 0 aliphatic heterocycles. The Morgan fingerprint density at radius 1 is 0.763 bits per heavy atom.